The van der Waals surface area contributed by atoms with Gasteiger partial charge in [-0.05, 0) is 53.0 Å². The second-order valence-corrected chi connectivity index (χ2v) is 9.51. The fraction of sp³-hybridized carbons (Fsp3) is 0.462. The molecule has 162 valence electrons. The molecule has 0 bridgehead atoms. The molecule has 31 heavy (non-hydrogen) atoms. The van der Waals surface area contributed by atoms with Gasteiger partial charge in [-0.15, -0.1) is 6.42 Å². The molecule has 1 saturated heterocycles. The number of H-pyrrole nitrogens is 1. The van der Waals surface area contributed by atoms with Crippen molar-refractivity contribution in [1.29, 1.82) is 0 Å². The van der Waals surface area contributed by atoms with Gasteiger partial charge in [-0.3, -0.25) is 9.69 Å². The van der Waals surface area contributed by atoms with Crippen LogP contribution in [0.5, 0.6) is 0 Å². The number of rotatable bonds is 6. The largest absolute Gasteiger partial charge is 0.329 e. The van der Waals surface area contributed by atoms with Gasteiger partial charge in [0.05, 0.1) is 6.20 Å². The summed E-state index contributed by atoms with van der Waals surface area (Å²) in [6, 6.07) is 6.62. The molecule has 1 aliphatic heterocycles. The fourth-order valence-electron chi connectivity index (χ4n) is 4.42. The molecule has 4 rings (SSSR count). The van der Waals surface area contributed by atoms with E-state index >= 15 is 0 Å². The number of hydrogen-bond acceptors (Lipinski definition) is 4. The van der Waals surface area contributed by atoms with E-state index in [4.69, 9.17) is 6.42 Å². The maximum Gasteiger partial charge on any atom is 0.202 e. The van der Waals surface area contributed by atoms with Crippen molar-refractivity contribution in [2.24, 2.45) is 5.41 Å². The minimum Gasteiger partial charge on any atom is -0.329 e. The SMILES string of the molecule is C#Cc1cnc(C(=O)Cc2ccc(CN3CCNCC3)cc2C2=CCC(C)(C)CC2)[nH]1. The van der Waals surface area contributed by atoms with Crippen molar-refractivity contribution in [1.82, 2.24) is 20.2 Å². The molecular formula is C26H32N4O. The zero-order valence-corrected chi connectivity index (χ0v) is 18.6. The van der Waals surface area contributed by atoms with Crippen LogP contribution in [0.15, 0.2) is 30.5 Å². The number of nitrogens with one attached hydrogen (secondary N) is 2. The number of aromatic nitrogens is 2. The van der Waals surface area contributed by atoms with Crippen LogP contribution >= 0.6 is 0 Å². The molecule has 0 atom stereocenters. The molecule has 2 N–H and O–H groups in total. The monoisotopic (exact) mass is 416 g/mol. The van der Waals surface area contributed by atoms with Gasteiger partial charge in [-0.1, -0.05) is 38.0 Å². The molecule has 1 aromatic carbocycles. The average molecular weight is 417 g/mol. The summed E-state index contributed by atoms with van der Waals surface area (Å²) in [5, 5.41) is 3.41. The van der Waals surface area contributed by atoms with Crippen LogP contribution in [0.2, 0.25) is 0 Å². The number of carbonyl (C=O) groups is 1. The van der Waals surface area contributed by atoms with E-state index in [1.807, 2.05) is 0 Å². The van der Waals surface area contributed by atoms with Gasteiger partial charge in [0.25, 0.3) is 0 Å². The van der Waals surface area contributed by atoms with Crippen LogP contribution in [0.1, 0.15) is 66.1 Å². The molecule has 2 aromatic rings. The predicted molar refractivity (Wildman–Crippen MR) is 125 cm³/mol. The third-order valence-corrected chi connectivity index (χ3v) is 6.45. The Balaban J connectivity index is 1.60. The van der Waals surface area contributed by atoms with Gasteiger partial charge in [0.1, 0.15) is 5.69 Å². The number of aromatic amines is 1. The number of Topliss-reactive ketones (excluding diaryl/α,β-unsaturated/α-hetero) is 1. The van der Waals surface area contributed by atoms with Gasteiger partial charge >= 0.3 is 0 Å². The summed E-state index contributed by atoms with van der Waals surface area (Å²) >= 11 is 0. The van der Waals surface area contributed by atoms with E-state index in [1.165, 1.54) is 22.9 Å². The highest BCUT2D eigenvalue weighted by Gasteiger charge is 2.24. The molecule has 0 radical (unpaired) electrons. The first kappa shape index (κ1) is 21.5. The normalized spacial score (nSPS) is 18.9. The number of ketones is 1. The molecular weight excluding hydrogens is 384 g/mol. The van der Waals surface area contributed by atoms with E-state index in [0.29, 0.717) is 23.4 Å². The number of hydrogen-bond donors (Lipinski definition) is 2. The first-order chi connectivity index (χ1) is 14.9. The van der Waals surface area contributed by atoms with Crippen LogP contribution in [0.25, 0.3) is 5.57 Å². The van der Waals surface area contributed by atoms with Gasteiger partial charge in [-0.25, -0.2) is 4.98 Å². The number of nitrogens with zero attached hydrogens (tertiary/aromatic N) is 2. The van der Waals surface area contributed by atoms with Crippen molar-refractivity contribution in [3.05, 3.63) is 58.7 Å². The molecule has 5 nitrogen and oxygen atoms in total. The van der Waals surface area contributed by atoms with E-state index in [-0.39, 0.29) is 5.78 Å². The van der Waals surface area contributed by atoms with E-state index < -0.39 is 0 Å². The summed E-state index contributed by atoms with van der Waals surface area (Å²) in [5.74, 6) is 2.80. The van der Waals surface area contributed by atoms with E-state index in [2.05, 4.69) is 64.2 Å². The zero-order valence-electron chi connectivity index (χ0n) is 18.6. The predicted octanol–water partition coefficient (Wildman–Crippen LogP) is 3.82. The van der Waals surface area contributed by atoms with Gasteiger partial charge in [0, 0.05) is 39.1 Å². The molecule has 1 fully saturated rings. The maximum atomic E-state index is 12.9. The number of imidazole rings is 1. The molecule has 0 spiro atoms. The Morgan fingerprint density at radius 2 is 2.10 bits per heavy atom. The molecule has 5 heteroatoms. The van der Waals surface area contributed by atoms with Crippen LogP contribution in [-0.2, 0) is 13.0 Å². The molecule has 0 saturated carbocycles. The van der Waals surface area contributed by atoms with Crippen molar-refractivity contribution in [3.8, 4) is 12.3 Å². The zero-order chi connectivity index (χ0) is 21.8. The van der Waals surface area contributed by atoms with Crippen molar-refractivity contribution < 1.29 is 4.79 Å². The lowest BCUT2D eigenvalue weighted by molar-refractivity contribution is 0.0984. The minimum absolute atomic E-state index is 0.0330. The molecule has 2 aliphatic rings. The Morgan fingerprint density at radius 3 is 2.77 bits per heavy atom. The first-order valence-electron chi connectivity index (χ1n) is 11.2. The third-order valence-electron chi connectivity index (χ3n) is 6.45. The Bertz CT molecular complexity index is 1020. The van der Waals surface area contributed by atoms with Crippen LogP contribution in [-0.4, -0.2) is 46.8 Å². The highest BCUT2D eigenvalue weighted by Crippen LogP contribution is 2.39. The number of terminal acetylenes is 1. The standard InChI is InChI=1S/C26H32N4O/c1-4-22-17-28-25(29-22)24(31)16-21-6-5-19(18-30-13-11-27-12-14-30)15-23(21)20-7-9-26(2,3)10-8-20/h1,5-7,15,17,27H,8-14,16,18H2,2-3H3,(H,28,29). The number of benzene rings is 1. The second-order valence-electron chi connectivity index (χ2n) is 9.51. The van der Waals surface area contributed by atoms with E-state index in [0.717, 1.165) is 57.5 Å². The number of piperazine rings is 1. The number of carbonyl (C=O) groups excluding carboxylic acids is 1. The quantitative estimate of drug-likeness (QED) is 0.555. The van der Waals surface area contributed by atoms with Crippen molar-refractivity contribution >= 4 is 11.4 Å². The minimum atomic E-state index is -0.0330. The number of allylic oxidation sites excluding steroid dienone is 2. The Labute approximate surface area is 185 Å². The van der Waals surface area contributed by atoms with Crippen molar-refractivity contribution in [2.75, 3.05) is 26.2 Å². The van der Waals surface area contributed by atoms with Gasteiger partial charge in [0.2, 0.25) is 5.78 Å². The molecule has 2 heterocycles. The molecule has 1 aromatic heterocycles. The summed E-state index contributed by atoms with van der Waals surface area (Å²) < 4.78 is 0. The molecule has 0 unspecified atom stereocenters. The third kappa shape index (κ3) is 5.33. The lowest BCUT2D eigenvalue weighted by Crippen LogP contribution is -2.42. The van der Waals surface area contributed by atoms with Crippen LogP contribution in [0.3, 0.4) is 0 Å². The second kappa shape index (κ2) is 9.21. The lowest BCUT2D eigenvalue weighted by Gasteiger charge is -2.30. The summed E-state index contributed by atoms with van der Waals surface area (Å²) in [5.41, 5.74) is 5.85. The summed E-state index contributed by atoms with van der Waals surface area (Å²) in [7, 11) is 0. The van der Waals surface area contributed by atoms with Gasteiger partial charge in [0.15, 0.2) is 5.82 Å². The summed E-state index contributed by atoms with van der Waals surface area (Å²) in [4.78, 5) is 22.5. The Kier molecular flexibility index (Phi) is 6.41. The van der Waals surface area contributed by atoms with Crippen LogP contribution in [0.4, 0.5) is 0 Å². The lowest BCUT2D eigenvalue weighted by atomic mass is 9.76. The van der Waals surface area contributed by atoms with Crippen LogP contribution < -0.4 is 5.32 Å². The van der Waals surface area contributed by atoms with E-state index in [9.17, 15) is 4.79 Å². The van der Waals surface area contributed by atoms with Crippen molar-refractivity contribution in [2.45, 2.75) is 46.1 Å². The Morgan fingerprint density at radius 1 is 1.29 bits per heavy atom. The Hall–Kier alpha value is -2.68. The summed E-state index contributed by atoms with van der Waals surface area (Å²) in [6.45, 7) is 9.83. The topological polar surface area (TPSA) is 61.0 Å². The van der Waals surface area contributed by atoms with Gasteiger partial charge in [-0.2, -0.15) is 0 Å². The van der Waals surface area contributed by atoms with E-state index in [1.54, 1.807) is 0 Å². The molecule has 0 amide bonds. The highest BCUT2D eigenvalue weighted by atomic mass is 16.1. The highest BCUT2D eigenvalue weighted by molar-refractivity contribution is 5.95. The van der Waals surface area contributed by atoms with Crippen LogP contribution in [0, 0.1) is 17.8 Å². The fourth-order valence-corrected chi connectivity index (χ4v) is 4.42. The smallest absolute Gasteiger partial charge is 0.202 e. The van der Waals surface area contributed by atoms with Crippen molar-refractivity contribution in [3.63, 3.8) is 0 Å². The summed E-state index contributed by atoms with van der Waals surface area (Å²) in [6.07, 6.45) is 12.9. The average Bonchev–Trinajstić information content (AvgIpc) is 3.25. The maximum absolute atomic E-state index is 12.9. The first-order valence-corrected chi connectivity index (χ1v) is 11.2. The van der Waals surface area contributed by atoms with Gasteiger partial charge < -0.3 is 10.3 Å². The molecule has 1 aliphatic carbocycles.